The summed E-state index contributed by atoms with van der Waals surface area (Å²) >= 11 is 0. The second-order valence-electron chi connectivity index (χ2n) is 12.7. The Bertz CT molecular complexity index is 1150. The Kier molecular flexibility index (Phi) is 17.3. The Hall–Kier alpha value is -2.77. The summed E-state index contributed by atoms with van der Waals surface area (Å²) in [6, 6.07) is 6.95. The van der Waals surface area contributed by atoms with Crippen LogP contribution in [0.4, 0.5) is 0 Å². The third-order valence-corrected chi connectivity index (χ3v) is 8.17. The van der Waals surface area contributed by atoms with Crippen LogP contribution in [-0.4, -0.2) is 144 Å². The fraction of sp³-hybridized carbons (Fsp3) is 0.719. The van der Waals surface area contributed by atoms with Crippen LogP contribution in [0.2, 0.25) is 0 Å². The first kappa shape index (κ1) is 41.4. The maximum absolute atomic E-state index is 13.0. The Morgan fingerprint density at radius 3 is 2.25 bits per heavy atom. The summed E-state index contributed by atoms with van der Waals surface area (Å²) in [4.78, 5) is 24.8. The number of carbonyl (C=O) groups is 2. The van der Waals surface area contributed by atoms with E-state index in [4.69, 9.17) is 9.47 Å². The number of hydrogen-bond donors (Lipinski definition) is 10. The number of rotatable bonds is 20. The molecule has 274 valence electrons. The van der Waals surface area contributed by atoms with Crippen molar-refractivity contribution in [3.63, 3.8) is 0 Å². The predicted molar refractivity (Wildman–Crippen MR) is 171 cm³/mol. The number of unbranched alkanes of at least 4 members (excludes halogenated alkanes) is 4. The fourth-order valence-corrected chi connectivity index (χ4v) is 4.87. The number of nitrogens with zero attached hydrogens (tertiary/aromatic N) is 1. The Labute approximate surface area is 280 Å². The maximum atomic E-state index is 13.0. The first-order valence-corrected chi connectivity index (χ1v) is 16.2. The molecule has 1 fully saturated rings. The molecule has 0 bridgehead atoms. The molecule has 16 nitrogen and oxygen atoms in total. The largest absolute Gasteiger partial charge is 0.623 e. The number of benzene rings is 1. The van der Waals surface area contributed by atoms with Crippen LogP contribution in [0.15, 0.2) is 24.3 Å². The van der Waals surface area contributed by atoms with Crippen LogP contribution in [0.3, 0.4) is 0 Å². The van der Waals surface area contributed by atoms with Gasteiger partial charge in [0.05, 0.1) is 19.8 Å². The van der Waals surface area contributed by atoms with Gasteiger partial charge in [-0.05, 0) is 24.1 Å². The van der Waals surface area contributed by atoms with Crippen molar-refractivity contribution < 1.29 is 64.7 Å². The van der Waals surface area contributed by atoms with Gasteiger partial charge in [0, 0.05) is 32.4 Å². The van der Waals surface area contributed by atoms with E-state index in [0.717, 1.165) is 31.2 Å². The molecule has 16 heteroatoms. The Balaban J connectivity index is 1.95. The van der Waals surface area contributed by atoms with Gasteiger partial charge in [-0.25, -0.2) is 4.74 Å². The molecular weight excluding hydrogens is 634 g/mol. The number of carbonyl (C=O) groups excluding carboxylic acids is 2. The highest BCUT2D eigenvalue weighted by atomic mass is 16.7. The molecule has 0 aliphatic carbocycles. The third-order valence-electron chi connectivity index (χ3n) is 8.17. The molecule has 1 saturated heterocycles. The second kappa shape index (κ2) is 20.0. The minimum atomic E-state index is -2.27. The maximum Gasteiger partial charge on any atom is 0.251 e. The fourth-order valence-electron chi connectivity index (χ4n) is 4.87. The Morgan fingerprint density at radius 2 is 1.65 bits per heavy atom. The summed E-state index contributed by atoms with van der Waals surface area (Å²) in [5, 5.41) is 98.6. The Morgan fingerprint density at radius 1 is 1.00 bits per heavy atom. The van der Waals surface area contributed by atoms with Gasteiger partial charge in [0.25, 0.3) is 5.91 Å². The predicted octanol–water partition coefficient (Wildman–Crippen LogP) is -2.25. The molecule has 1 aliphatic rings. The zero-order chi connectivity index (χ0) is 36.0. The lowest BCUT2D eigenvalue weighted by molar-refractivity contribution is -0.533. The van der Waals surface area contributed by atoms with Crippen molar-refractivity contribution in [3.05, 3.63) is 40.6 Å². The smallest absolute Gasteiger partial charge is 0.251 e. The lowest BCUT2D eigenvalue weighted by atomic mass is 9.98. The minimum absolute atomic E-state index is 0.0178. The van der Waals surface area contributed by atoms with Crippen molar-refractivity contribution in [3.8, 4) is 0 Å². The molecule has 1 aliphatic heterocycles. The molecule has 9 atom stereocenters. The summed E-state index contributed by atoms with van der Waals surface area (Å²) in [6.07, 6.45) is -10.0. The van der Waals surface area contributed by atoms with Crippen LogP contribution < -0.4 is 10.6 Å². The molecule has 1 heterocycles. The van der Waals surface area contributed by atoms with Crippen LogP contribution in [0, 0.1) is 5.21 Å². The van der Waals surface area contributed by atoms with Crippen molar-refractivity contribution in [2.45, 2.75) is 127 Å². The number of hydrogen-bond acceptors (Lipinski definition) is 13. The highest BCUT2D eigenvalue weighted by molar-refractivity contribution is 5.81. The summed E-state index contributed by atoms with van der Waals surface area (Å²) in [5.74, 6) is -1.18. The average molecular weight is 688 g/mol. The topological polar surface area (TPSA) is 265 Å². The van der Waals surface area contributed by atoms with E-state index in [2.05, 4.69) is 17.6 Å². The van der Waals surface area contributed by atoms with Gasteiger partial charge >= 0.3 is 0 Å². The van der Waals surface area contributed by atoms with E-state index in [9.17, 15) is 55.6 Å². The normalized spacial score (nSPS) is 24.4. The van der Waals surface area contributed by atoms with Crippen LogP contribution >= 0.6 is 0 Å². The van der Waals surface area contributed by atoms with E-state index in [0.29, 0.717) is 23.3 Å². The molecular formula is C32H53N3O13. The molecule has 1 aromatic rings. The van der Waals surface area contributed by atoms with Gasteiger partial charge in [-0.1, -0.05) is 44.7 Å². The van der Waals surface area contributed by atoms with Crippen molar-refractivity contribution in [1.82, 2.24) is 10.6 Å². The van der Waals surface area contributed by atoms with Crippen molar-refractivity contribution in [2.24, 2.45) is 0 Å². The molecule has 0 saturated carbocycles. The van der Waals surface area contributed by atoms with E-state index in [1.54, 1.807) is 24.3 Å². The van der Waals surface area contributed by atoms with Crippen molar-refractivity contribution in [2.75, 3.05) is 19.8 Å². The molecule has 1 aromatic carbocycles. The molecule has 48 heavy (non-hydrogen) atoms. The summed E-state index contributed by atoms with van der Waals surface area (Å²) in [7, 11) is 0. The molecule has 2 rings (SSSR count). The first-order chi connectivity index (χ1) is 22.7. The molecule has 0 radical (unpaired) electrons. The quantitative estimate of drug-likeness (QED) is 0.0229. The number of amides is 2. The number of aliphatic hydroxyl groups is 8. The van der Waals surface area contributed by atoms with Gasteiger partial charge in [-0.15, -0.1) is 0 Å². The highest BCUT2D eigenvalue weighted by Crippen LogP contribution is 2.25. The van der Waals surface area contributed by atoms with Gasteiger partial charge in [-0.3, -0.25) is 9.59 Å². The standard InChI is InChI=1S/C32H53N3O13/c1-4-5-6-7-8-9-23(39)33-14-19-10-12-20(13-11-19)15-35(46)32(2,3)18-34-30(45)27(43)26(42)29(21(38)16-36)48-31-28(44)25(41)24(40)22(17-37)47-31/h10-13,15,21-22,24-29,31,36-38,40-44H,4-9,14,16-18H2,1-3H3,(H,33,39)(H,34,45)/b35-15-/t21?,22-,24+,25-,26-,27-,28-,29-,31+/m1/s1. The zero-order valence-corrected chi connectivity index (χ0v) is 27.7. The lowest BCUT2D eigenvalue weighted by Gasteiger charge is -2.42. The van der Waals surface area contributed by atoms with Crippen LogP contribution in [0.5, 0.6) is 0 Å². The molecule has 0 spiro atoms. The zero-order valence-electron chi connectivity index (χ0n) is 27.7. The van der Waals surface area contributed by atoms with Gasteiger partial charge in [0.2, 0.25) is 5.91 Å². The van der Waals surface area contributed by atoms with Crippen LogP contribution in [0.25, 0.3) is 0 Å². The summed E-state index contributed by atoms with van der Waals surface area (Å²) in [6.45, 7) is 3.41. The third kappa shape index (κ3) is 12.3. The van der Waals surface area contributed by atoms with Crippen LogP contribution in [0.1, 0.15) is 70.4 Å². The van der Waals surface area contributed by atoms with E-state index in [1.807, 2.05) is 0 Å². The molecule has 0 aromatic heterocycles. The second-order valence-corrected chi connectivity index (χ2v) is 12.7. The van der Waals surface area contributed by atoms with Crippen molar-refractivity contribution in [1.29, 1.82) is 0 Å². The van der Waals surface area contributed by atoms with Crippen LogP contribution in [-0.2, 0) is 25.6 Å². The number of aliphatic hydroxyl groups excluding tert-OH is 8. The summed E-state index contributed by atoms with van der Waals surface area (Å²) < 4.78 is 11.1. The van der Waals surface area contributed by atoms with Gasteiger partial charge < -0.3 is 66.2 Å². The van der Waals surface area contributed by atoms with Gasteiger partial charge in [0.1, 0.15) is 42.7 Å². The molecule has 10 N–H and O–H groups in total. The first-order valence-electron chi connectivity index (χ1n) is 16.2. The van der Waals surface area contributed by atoms with Gasteiger partial charge in [0.15, 0.2) is 24.1 Å². The monoisotopic (exact) mass is 687 g/mol. The number of nitrogens with one attached hydrogen (secondary N) is 2. The highest BCUT2D eigenvalue weighted by Gasteiger charge is 2.47. The summed E-state index contributed by atoms with van der Waals surface area (Å²) in [5.41, 5.74) is 0.154. The SMILES string of the molecule is CCCCCCCC(=O)NCc1ccc(/C=[N+](\[O-])C(C)(C)CNC(=O)[C@H](O)[C@@H](O)[C@H](O[C@@H]2O[C@H](CO)[C@H](O)[C@@H](O)[C@H]2O)C(O)CO)cc1. The van der Waals surface area contributed by atoms with Gasteiger partial charge in [-0.2, -0.15) is 0 Å². The van der Waals surface area contributed by atoms with E-state index >= 15 is 0 Å². The minimum Gasteiger partial charge on any atom is -0.623 e. The number of ether oxygens (including phenoxy) is 2. The molecule has 2 amide bonds. The molecule has 1 unspecified atom stereocenters. The van der Waals surface area contributed by atoms with E-state index < -0.39 is 79.8 Å². The van der Waals surface area contributed by atoms with Crippen molar-refractivity contribution >= 4 is 18.0 Å². The van der Waals surface area contributed by atoms with E-state index in [-0.39, 0.29) is 12.5 Å². The average Bonchev–Trinajstić information content (AvgIpc) is 3.07. The number of hydroxylamine groups is 1. The lowest BCUT2D eigenvalue weighted by Crippen LogP contribution is -2.62. The van der Waals surface area contributed by atoms with E-state index in [1.165, 1.54) is 26.5 Å².